The Morgan fingerprint density at radius 2 is 2.05 bits per heavy atom. The van der Waals surface area contributed by atoms with E-state index in [0.29, 0.717) is 21.6 Å². The summed E-state index contributed by atoms with van der Waals surface area (Å²) in [4.78, 5) is 32.8. The molecule has 0 aliphatic heterocycles. The van der Waals surface area contributed by atoms with Gasteiger partial charge in [0, 0.05) is 10.4 Å². The molecule has 5 nitrogen and oxygen atoms in total. The van der Waals surface area contributed by atoms with Crippen LogP contribution in [0.5, 0.6) is 0 Å². The smallest absolute Gasteiger partial charge is 0.350 e. The highest BCUT2D eigenvalue weighted by molar-refractivity contribution is 7.15. The number of aromatic nitrogens is 2. The van der Waals surface area contributed by atoms with E-state index in [1.165, 1.54) is 11.3 Å². The monoisotopic (exact) mass is 314 g/mol. The highest BCUT2D eigenvalue weighted by Crippen LogP contribution is 2.29. The van der Waals surface area contributed by atoms with Crippen LogP contribution in [-0.4, -0.2) is 22.5 Å². The van der Waals surface area contributed by atoms with Crippen molar-refractivity contribution in [1.82, 2.24) is 9.97 Å². The number of benzene rings is 1. The van der Waals surface area contributed by atoms with Crippen molar-refractivity contribution in [2.45, 2.75) is 13.8 Å². The number of thiophene rings is 1. The maximum absolute atomic E-state index is 12.3. The molecular formula is C16H14N2O3S. The lowest BCUT2D eigenvalue weighted by Crippen LogP contribution is -2.11. The number of ether oxygens (including phenoxy) is 1. The first kappa shape index (κ1) is 14.5. The molecule has 0 radical (unpaired) electrons. The van der Waals surface area contributed by atoms with E-state index in [-0.39, 0.29) is 12.2 Å². The quantitative estimate of drug-likeness (QED) is 0.754. The van der Waals surface area contributed by atoms with Crippen molar-refractivity contribution in [3.63, 3.8) is 0 Å². The van der Waals surface area contributed by atoms with Gasteiger partial charge in [0.05, 0.1) is 12.0 Å². The minimum Gasteiger partial charge on any atom is -0.462 e. The number of nitrogens with zero attached hydrogens (tertiary/aromatic N) is 1. The van der Waals surface area contributed by atoms with E-state index < -0.39 is 5.97 Å². The third kappa shape index (κ3) is 2.42. The molecule has 1 aromatic carbocycles. The van der Waals surface area contributed by atoms with E-state index in [1.54, 1.807) is 13.8 Å². The Labute approximate surface area is 130 Å². The summed E-state index contributed by atoms with van der Waals surface area (Å²) in [7, 11) is 0. The summed E-state index contributed by atoms with van der Waals surface area (Å²) in [6, 6.07) is 9.33. The van der Waals surface area contributed by atoms with Gasteiger partial charge in [0.25, 0.3) is 5.56 Å². The number of carbonyl (C=O) groups is 1. The van der Waals surface area contributed by atoms with Crippen LogP contribution in [0.25, 0.3) is 22.3 Å². The molecule has 0 fully saturated rings. The topological polar surface area (TPSA) is 72.1 Å². The van der Waals surface area contributed by atoms with E-state index in [0.717, 1.165) is 10.4 Å². The Bertz CT molecular complexity index is 897. The number of esters is 1. The summed E-state index contributed by atoms with van der Waals surface area (Å²) in [6.07, 6.45) is 0. The number of nitrogens with one attached hydrogen (secondary N) is 1. The van der Waals surface area contributed by atoms with Crippen molar-refractivity contribution in [3.8, 4) is 11.4 Å². The maximum Gasteiger partial charge on any atom is 0.350 e. The summed E-state index contributed by atoms with van der Waals surface area (Å²) >= 11 is 1.24. The van der Waals surface area contributed by atoms with Crippen molar-refractivity contribution in [2.24, 2.45) is 0 Å². The Balaban J connectivity index is 2.26. The summed E-state index contributed by atoms with van der Waals surface area (Å²) in [5.74, 6) is 0.00385. The van der Waals surface area contributed by atoms with Gasteiger partial charge in [-0.3, -0.25) is 4.79 Å². The lowest BCUT2D eigenvalue weighted by Gasteiger charge is -2.02. The fraction of sp³-hybridized carbons (Fsp3) is 0.188. The van der Waals surface area contributed by atoms with Crippen molar-refractivity contribution in [3.05, 3.63) is 50.4 Å². The molecule has 3 rings (SSSR count). The van der Waals surface area contributed by atoms with E-state index in [4.69, 9.17) is 4.74 Å². The molecule has 6 heteroatoms. The van der Waals surface area contributed by atoms with Gasteiger partial charge in [-0.15, -0.1) is 11.3 Å². The van der Waals surface area contributed by atoms with Crippen LogP contribution in [0.15, 0.2) is 35.1 Å². The van der Waals surface area contributed by atoms with Crippen LogP contribution >= 0.6 is 11.3 Å². The predicted molar refractivity (Wildman–Crippen MR) is 86.4 cm³/mol. The Hall–Kier alpha value is -2.47. The molecule has 1 N–H and O–H groups in total. The molecule has 2 heterocycles. The van der Waals surface area contributed by atoms with Crippen molar-refractivity contribution in [2.75, 3.05) is 6.61 Å². The molecule has 0 amide bonds. The molecule has 3 aromatic rings. The molecule has 112 valence electrons. The zero-order chi connectivity index (χ0) is 15.7. The number of aromatic amines is 1. The number of hydrogen-bond acceptors (Lipinski definition) is 5. The minimum absolute atomic E-state index is 0.242. The minimum atomic E-state index is -0.442. The van der Waals surface area contributed by atoms with Crippen LogP contribution in [0.2, 0.25) is 0 Å². The van der Waals surface area contributed by atoms with E-state index in [9.17, 15) is 9.59 Å². The predicted octanol–water partition coefficient (Wildman–Crippen LogP) is 3.14. The fourth-order valence-corrected chi connectivity index (χ4v) is 3.27. The second-order valence-corrected chi connectivity index (χ2v) is 5.94. The van der Waals surface area contributed by atoms with E-state index in [1.807, 2.05) is 30.3 Å². The number of aryl methyl sites for hydroxylation is 1. The fourth-order valence-electron chi connectivity index (χ4n) is 2.28. The molecule has 0 aliphatic rings. The average Bonchev–Trinajstić information content (AvgIpc) is 2.86. The third-order valence-corrected chi connectivity index (χ3v) is 4.32. The number of fused-ring (bicyclic) bond motifs is 1. The van der Waals surface area contributed by atoms with Crippen LogP contribution in [0, 0.1) is 6.92 Å². The van der Waals surface area contributed by atoms with Crippen molar-refractivity contribution < 1.29 is 9.53 Å². The van der Waals surface area contributed by atoms with E-state index >= 15 is 0 Å². The SMILES string of the molecule is CCOC(=O)c1sc(C)c2c(=O)[nH]c(-c3ccccc3)nc12. The van der Waals surface area contributed by atoms with Gasteiger partial charge in [-0.25, -0.2) is 9.78 Å². The molecule has 0 unspecified atom stereocenters. The first-order chi connectivity index (χ1) is 10.6. The Morgan fingerprint density at radius 3 is 2.73 bits per heavy atom. The van der Waals surface area contributed by atoms with Crippen LogP contribution in [0.1, 0.15) is 21.5 Å². The summed E-state index contributed by atoms with van der Waals surface area (Å²) in [5.41, 5.74) is 0.955. The molecule has 22 heavy (non-hydrogen) atoms. The molecule has 0 saturated carbocycles. The summed E-state index contributed by atoms with van der Waals surface area (Å²) in [5, 5.41) is 0.452. The van der Waals surface area contributed by atoms with Gasteiger partial charge in [-0.1, -0.05) is 30.3 Å². The molecule has 0 bridgehead atoms. The zero-order valence-corrected chi connectivity index (χ0v) is 13.0. The van der Waals surface area contributed by atoms with Crippen LogP contribution in [0.4, 0.5) is 0 Å². The molecule has 0 spiro atoms. The molecule has 0 saturated heterocycles. The van der Waals surface area contributed by atoms with Gasteiger partial charge < -0.3 is 9.72 Å². The van der Waals surface area contributed by atoms with Gasteiger partial charge in [0.2, 0.25) is 0 Å². The van der Waals surface area contributed by atoms with Crippen LogP contribution in [-0.2, 0) is 4.74 Å². The average molecular weight is 314 g/mol. The highest BCUT2D eigenvalue weighted by atomic mass is 32.1. The number of carbonyl (C=O) groups excluding carboxylic acids is 1. The molecule has 0 atom stereocenters. The van der Waals surface area contributed by atoms with E-state index in [2.05, 4.69) is 9.97 Å². The lowest BCUT2D eigenvalue weighted by atomic mass is 10.2. The number of H-pyrrole nitrogens is 1. The van der Waals surface area contributed by atoms with Gasteiger partial charge >= 0.3 is 5.97 Å². The Morgan fingerprint density at radius 1 is 1.32 bits per heavy atom. The zero-order valence-electron chi connectivity index (χ0n) is 12.2. The largest absolute Gasteiger partial charge is 0.462 e. The second-order valence-electron chi connectivity index (χ2n) is 4.71. The van der Waals surface area contributed by atoms with Crippen molar-refractivity contribution >= 4 is 28.2 Å². The maximum atomic E-state index is 12.3. The lowest BCUT2D eigenvalue weighted by molar-refractivity contribution is 0.0534. The van der Waals surface area contributed by atoms with Crippen LogP contribution < -0.4 is 5.56 Å². The van der Waals surface area contributed by atoms with Crippen LogP contribution in [0.3, 0.4) is 0 Å². The summed E-state index contributed by atoms with van der Waals surface area (Å²) < 4.78 is 5.05. The van der Waals surface area contributed by atoms with Gasteiger partial charge in [-0.05, 0) is 13.8 Å². The highest BCUT2D eigenvalue weighted by Gasteiger charge is 2.21. The summed E-state index contributed by atoms with van der Waals surface area (Å²) in [6.45, 7) is 3.83. The number of rotatable bonds is 3. The standard InChI is InChI=1S/C16H14N2O3S/c1-3-21-16(20)13-12-11(9(2)22-13)15(19)18-14(17-12)10-7-5-4-6-8-10/h4-8H,3H2,1-2H3,(H,17,18,19). The second kappa shape index (κ2) is 5.73. The molecule has 2 aromatic heterocycles. The van der Waals surface area contributed by atoms with Gasteiger partial charge in [0.1, 0.15) is 16.2 Å². The first-order valence-electron chi connectivity index (χ1n) is 6.87. The number of hydrogen-bond donors (Lipinski definition) is 1. The van der Waals surface area contributed by atoms with Gasteiger partial charge in [0.15, 0.2) is 0 Å². The molecule has 0 aliphatic carbocycles. The third-order valence-electron chi connectivity index (χ3n) is 3.25. The Kier molecular flexibility index (Phi) is 3.77. The normalized spacial score (nSPS) is 10.8. The van der Waals surface area contributed by atoms with Crippen molar-refractivity contribution in [1.29, 1.82) is 0 Å². The van der Waals surface area contributed by atoms with Gasteiger partial charge in [-0.2, -0.15) is 0 Å². The molecular weight excluding hydrogens is 300 g/mol. The first-order valence-corrected chi connectivity index (χ1v) is 7.69.